The monoisotopic (exact) mass is 396 g/mol. The lowest BCUT2D eigenvalue weighted by atomic mass is 10.1. The van der Waals surface area contributed by atoms with E-state index in [4.69, 9.17) is 16.0 Å². The van der Waals surface area contributed by atoms with Gasteiger partial charge in [-0.2, -0.15) is 4.98 Å². The minimum Gasteiger partial charge on any atom is -0.437 e. The van der Waals surface area contributed by atoms with Crippen LogP contribution >= 0.6 is 27.5 Å². The summed E-state index contributed by atoms with van der Waals surface area (Å²) in [6.45, 7) is 2.29. The number of fused-ring (bicyclic) bond motifs is 1. The van der Waals surface area contributed by atoms with Gasteiger partial charge in [0.25, 0.3) is 5.91 Å². The second-order valence-corrected chi connectivity index (χ2v) is 6.00. The molecule has 0 aliphatic heterocycles. The fourth-order valence-corrected chi connectivity index (χ4v) is 2.71. The van der Waals surface area contributed by atoms with Gasteiger partial charge in [0.05, 0.1) is 15.4 Å². The second kappa shape index (κ2) is 6.29. The topological polar surface area (TPSA) is 55.1 Å². The van der Waals surface area contributed by atoms with Gasteiger partial charge in [-0.05, 0) is 53.2 Å². The first-order valence-corrected chi connectivity index (χ1v) is 8.01. The lowest BCUT2D eigenvalue weighted by molar-refractivity contribution is 0.0957. The molecule has 0 saturated heterocycles. The van der Waals surface area contributed by atoms with E-state index in [1.807, 2.05) is 6.92 Å². The molecule has 0 saturated carbocycles. The number of nitrogens with one attached hydrogen (secondary N) is 1. The molecule has 0 spiro atoms. The van der Waals surface area contributed by atoms with E-state index in [9.17, 15) is 9.18 Å². The molecule has 23 heavy (non-hydrogen) atoms. The number of benzene rings is 1. The molecule has 3 aromatic rings. The first kappa shape index (κ1) is 16.0. The van der Waals surface area contributed by atoms with Crippen LogP contribution in [0.4, 0.5) is 4.39 Å². The third kappa shape index (κ3) is 2.96. The van der Waals surface area contributed by atoms with Gasteiger partial charge in [0.15, 0.2) is 0 Å². The number of hydrogen-bond donors (Lipinski definition) is 1. The van der Waals surface area contributed by atoms with Gasteiger partial charge >= 0.3 is 0 Å². The van der Waals surface area contributed by atoms with E-state index in [0.717, 1.165) is 0 Å². The number of nitrogens with zero attached hydrogens (tertiary/aromatic N) is 1. The van der Waals surface area contributed by atoms with Crippen molar-refractivity contribution in [2.45, 2.75) is 6.92 Å². The van der Waals surface area contributed by atoms with Crippen LogP contribution in [-0.4, -0.2) is 17.4 Å². The molecule has 2 heterocycles. The largest absolute Gasteiger partial charge is 0.437 e. The van der Waals surface area contributed by atoms with E-state index in [-0.39, 0.29) is 22.6 Å². The van der Waals surface area contributed by atoms with E-state index in [0.29, 0.717) is 33.3 Å². The number of carbonyl (C=O) groups is 1. The maximum atomic E-state index is 13.1. The predicted molar refractivity (Wildman–Crippen MR) is 90.1 cm³/mol. The average molecular weight is 398 g/mol. The summed E-state index contributed by atoms with van der Waals surface area (Å²) in [7, 11) is 0. The SMILES string of the molecule is CCNC(=O)c1c(-c2ccc(F)cc2)oc2nc(Cl)c(Br)cc12. The van der Waals surface area contributed by atoms with E-state index in [2.05, 4.69) is 26.2 Å². The summed E-state index contributed by atoms with van der Waals surface area (Å²) in [6, 6.07) is 7.39. The Balaban J connectivity index is 2.29. The van der Waals surface area contributed by atoms with Gasteiger partial charge in [0.2, 0.25) is 5.71 Å². The van der Waals surface area contributed by atoms with Crippen LogP contribution in [0.25, 0.3) is 22.4 Å². The molecule has 0 bridgehead atoms. The average Bonchev–Trinajstić information content (AvgIpc) is 2.87. The Morgan fingerprint density at radius 3 is 2.74 bits per heavy atom. The Labute approximate surface area is 144 Å². The molecule has 1 N–H and O–H groups in total. The highest BCUT2D eigenvalue weighted by molar-refractivity contribution is 9.10. The van der Waals surface area contributed by atoms with Crippen LogP contribution in [0.5, 0.6) is 0 Å². The zero-order valence-electron chi connectivity index (χ0n) is 12.0. The van der Waals surface area contributed by atoms with Gasteiger partial charge in [-0.25, -0.2) is 4.39 Å². The van der Waals surface area contributed by atoms with Crippen molar-refractivity contribution in [1.82, 2.24) is 10.3 Å². The molecule has 0 atom stereocenters. The third-order valence-electron chi connectivity index (χ3n) is 3.26. The maximum Gasteiger partial charge on any atom is 0.255 e. The standard InChI is InChI=1S/C16H11BrClFN2O2/c1-2-20-15(22)12-10-7-11(17)14(18)21-16(10)23-13(12)8-3-5-9(19)6-4-8/h3-7H,2H2,1H3,(H,20,22). The van der Waals surface area contributed by atoms with Crippen molar-refractivity contribution in [3.63, 3.8) is 0 Å². The number of aromatic nitrogens is 1. The number of pyridine rings is 1. The van der Waals surface area contributed by atoms with Crippen molar-refractivity contribution < 1.29 is 13.6 Å². The van der Waals surface area contributed by atoms with E-state index in [1.165, 1.54) is 12.1 Å². The van der Waals surface area contributed by atoms with Crippen molar-refractivity contribution in [2.24, 2.45) is 0 Å². The summed E-state index contributed by atoms with van der Waals surface area (Å²) in [5, 5.41) is 3.52. The smallest absolute Gasteiger partial charge is 0.255 e. The first-order chi connectivity index (χ1) is 11.0. The normalized spacial score (nSPS) is 11.0. The molecule has 1 amide bonds. The number of amides is 1. The summed E-state index contributed by atoms with van der Waals surface area (Å²) in [4.78, 5) is 16.6. The van der Waals surface area contributed by atoms with Gasteiger partial charge in [-0.1, -0.05) is 11.6 Å². The van der Waals surface area contributed by atoms with Crippen LogP contribution in [-0.2, 0) is 0 Å². The molecule has 0 unspecified atom stereocenters. The highest BCUT2D eigenvalue weighted by atomic mass is 79.9. The predicted octanol–water partition coefficient (Wildman–Crippen LogP) is 4.80. The minimum atomic E-state index is -0.367. The fourth-order valence-electron chi connectivity index (χ4n) is 2.26. The molecular formula is C16H11BrClFN2O2. The number of rotatable bonds is 3. The van der Waals surface area contributed by atoms with Gasteiger partial charge in [0, 0.05) is 12.1 Å². The van der Waals surface area contributed by atoms with Crippen molar-refractivity contribution in [2.75, 3.05) is 6.54 Å². The molecule has 118 valence electrons. The second-order valence-electron chi connectivity index (χ2n) is 4.79. The van der Waals surface area contributed by atoms with Gasteiger partial charge in [-0.3, -0.25) is 4.79 Å². The van der Waals surface area contributed by atoms with E-state index in [1.54, 1.807) is 18.2 Å². The van der Waals surface area contributed by atoms with Crippen LogP contribution in [0.3, 0.4) is 0 Å². The molecule has 0 aliphatic carbocycles. The van der Waals surface area contributed by atoms with Crippen molar-refractivity contribution in [3.05, 3.63) is 51.3 Å². The lowest BCUT2D eigenvalue weighted by Crippen LogP contribution is -2.22. The third-order valence-corrected chi connectivity index (χ3v) is 4.39. The van der Waals surface area contributed by atoms with Crippen LogP contribution in [0.2, 0.25) is 5.15 Å². The van der Waals surface area contributed by atoms with Crippen molar-refractivity contribution in [3.8, 4) is 11.3 Å². The summed E-state index contributed by atoms with van der Waals surface area (Å²) < 4.78 is 19.4. The number of hydrogen-bond acceptors (Lipinski definition) is 3. The quantitative estimate of drug-likeness (QED) is 0.646. The molecule has 7 heteroatoms. The molecule has 4 nitrogen and oxygen atoms in total. The Morgan fingerprint density at radius 2 is 2.09 bits per heavy atom. The Hall–Kier alpha value is -1.92. The lowest BCUT2D eigenvalue weighted by Gasteiger charge is -2.04. The van der Waals surface area contributed by atoms with Gasteiger partial charge in [0.1, 0.15) is 16.7 Å². The summed E-state index contributed by atoms with van der Waals surface area (Å²) in [6.07, 6.45) is 0. The highest BCUT2D eigenvalue weighted by Crippen LogP contribution is 2.36. The van der Waals surface area contributed by atoms with E-state index >= 15 is 0 Å². The molecule has 0 radical (unpaired) electrons. The Morgan fingerprint density at radius 1 is 1.39 bits per heavy atom. The molecular weight excluding hydrogens is 387 g/mol. The maximum absolute atomic E-state index is 13.1. The Kier molecular flexibility index (Phi) is 4.37. The molecule has 1 aromatic carbocycles. The number of carbonyl (C=O) groups excluding carboxylic acids is 1. The zero-order valence-corrected chi connectivity index (χ0v) is 14.3. The van der Waals surface area contributed by atoms with Gasteiger partial charge < -0.3 is 9.73 Å². The van der Waals surface area contributed by atoms with Crippen LogP contribution in [0, 0.1) is 5.82 Å². The van der Waals surface area contributed by atoms with Crippen LogP contribution in [0.1, 0.15) is 17.3 Å². The van der Waals surface area contributed by atoms with E-state index < -0.39 is 0 Å². The summed E-state index contributed by atoms with van der Waals surface area (Å²) in [5.41, 5.74) is 1.18. The molecule has 0 aliphatic rings. The van der Waals surface area contributed by atoms with Crippen molar-refractivity contribution in [1.29, 1.82) is 0 Å². The number of halogens is 3. The van der Waals surface area contributed by atoms with Crippen LogP contribution < -0.4 is 5.32 Å². The summed E-state index contributed by atoms with van der Waals surface area (Å²) in [5.74, 6) is -0.331. The molecule has 0 fully saturated rings. The summed E-state index contributed by atoms with van der Waals surface area (Å²) >= 11 is 9.28. The molecule has 3 rings (SSSR count). The fraction of sp³-hybridized carbons (Fsp3) is 0.125. The van der Waals surface area contributed by atoms with Crippen molar-refractivity contribution >= 4 is 44.5 Å². The highest BCUT2D eigenvalue weighted by Gasteiger charge is 2.23. The Bertz CT molecular complexity index is 893. The number of furan rings is 1. The van der Waals surface area contributed by atoms with Crippen LogP contribution in [0.15, 0.2) is 39.2 Å². The zero-order chi connectivity index (χ0) is 16.6. The minimum absolute atomic E-state index is 0.236. The molecule has 2 aromatic heterocycles. The van der Waals surface area contributed by atoms with Gasteiger partial charge in [-0.15, -0.1) is 0 Å². The first-order valence-electron chi connectivity index (χ1n) is 6.84.